The van der Waals surface area contributed by atoms with E-state index in [1.54, 1.807) is 12.3 Å². The smallest absolute Gasteiger partial charge is 0.138 e. The van der Waals surface area contributed by atoms with Crippen molar-refractivity contribution >= 4 is 27.8 Å². The number of anilines is 1. The monoisotopic (exact) mass is 611 g/mol. The lowest BCUT2D eigenvalue weighted by Gasteiger charge is -2.13. The molecule has 5 aromatic heterocycles. The molecule has 0 fully saturated rings. The van der Waals surface area contributed by atoms with Gasteiger partial charge in [0.25, 0.3) is 0 Å². The van der Waals surface area contributed by atoms with E-state index in [4.69, 9.17) is 4.98 Å². The maximum absolute atomic E-state index is 14.7. The third kappa shape index (κ3) is 6.35. The first-order valence-corrected chi connectivity index (χ1v) is 15.2. The molecule has 0 saturated carbocycles. The summed E-state index contributed by atoms with van der Waals surface area (Å²) in [7, 11) is 4.02. The second-order valence-electron chi connectivity index (χ2n) is 11.6. The van der Waals surface area contributed by atoms with Gasteiger partial charge in [0.15, 0.2) is 0 Å². The van der Waals surface area contributed by atoms with Crippen molar-refractivity contribution in [3.63, 3.8) is 0 Å². The first-order valence-electron chi connectivity index (χ1n) is 15.2. The fourth-order valence-electron chi connectivity index (χ4n) is 5.60. The van der Waals surface area contributed by atoms with Crippen molar-refractivity contribution in [2.24, 2.45) is 0 Å². The van der Waals surface area contributed by atoms with Crippen LogP contribution >= 0.6 is 0 Å². The van der Waals surface area contributed by atoms with Crippen molar-refractivity contribution < 1.29 is 4.39 Å². The summed E-state index contributed by atoms with van der Waals surface area (Å²) in [6.07, 6.45) is 5.44. The molecule has 10 heteroatoms. The Bertz CT molecular complexity index is 2120. The average Bonchev–Trinajstić information content (AvgIpc) is 3.69. The molecular formula is C36H34FN9. The molecular weight excluding hydrogens is 577 g/mol. The maximum atomic E-state index is 14.7. The zero-order chi connectivity index (χ0) is 31.5. The van der Waals surface area contributed by atoms with E-state index in [-0.39, 0.29) is 5.82 Å². The van der Waals surface area contributed by atoms with Gasteiger partial charge in [0.1, 0.15) is 22.7 Å². The summed E-state index contributed by atoms with van der Waals surface area (Å²) in [4.78, 5) is 19.6. The summed E-state index contributed by atoms with van der Waals surface area (Å²) in [6, 6.07) is 25.3. The van der Waals surface area contributed by atoms with Gasteiger partial charge in [0.2, 0.25) is 0 Å². The van der Waals surface area contributed by atoms with Crippen LogP contribution in [0.2, 0.25) is 0 Å². The number of aromatic amines is 2. The van der Waals surface area contributed by atoms with Crippen molar-refractivity contribution in [1.82, 2.24) is 40.3 Å². The van der Waals surface area contributed by atoms with Crippen LogP contribution in [0.25, 0.3) is 55.8 Å². The number of H-pyrrole nitrogens is 2. The molecule has 0 atom stereocenters. The normalized spacial score (nSPS) is 11.6. The number of rotatable bonds is 11. The molecule has 0 amide bonds. The van der Waals surface area contributed by atoms with Gasteiger partial charge in [0.05, 0.1) is 16.9 Å². The Morgan fingerprint density at radius 3 is 2.61 bits per heavy atom. The molecule has 0 radical (unpaired) electrons. The molecule has 0 bridgehead atoms. The number of halogens is 1. The van der Waals surface area contributed by atoms with Crippen LogP contribution in [-0.4, -0.2) is 62.2 Å². The van der Waals surface area contributed by atoms with Crippen molar-refractivity contribution in [2.45, 2.75) is 13.1 Å². The van der Waals surface area contributed by atoms with Gasteiger partial charge in [0, 0.05) is 61.4 Å². The number of likely N-dealkylation sites (N-methyl/N-ethyl adjacent to an activating group) is 1. The molecule has 4 N–H and O–H groups in total. The van der Waals surface area contributed by atoms with Gasteiger partial charge in [-0.1, -0.05) is 30.3 Å². The van der Waals surface area contributed by atoms with Crippen LogP contribution < -0.4 is 10.6 Å². The molecule has 0 aliphatic rings. The van der Waals surface area contributed by atoms with E-state index in [2.05, 4.69) is 58.9 Å². The van der Waals surface area contributed by atoms with E-state index in [1.165, 1.54) is 11.6 Å². The second-order valence-corrected chi connectivity index (χ2v) is 11.6. The molecule has 5 heterocycles. The zero-order valence-corrected chi connectivity index (χ0v) is 25.7. The molecule has 2 aromatic carbocycles. The minimum absolute atomic E-state index is 0.300. The third-order valence-electron chi connectivity index (χ3n) is 7.88. The van der Waals surface area contributed by atoms with E-state index in [9.17, 15) is 4.39 Å². The van der Waals surface area contributed by atoms with Crippen LogP contribution in [0.5, 0.6) is 0 Å². The average molecular weight is 612 g/mol. The van der Waals surface area contributed by atoms with Gasteiger partial charge in [-0.2, -0.15) is 5.10 Å². The molecule has 0 saturated heterocycles. The van der Waals surface area contributed by atoms with Crippen LogP contribution in [0.15, 0.2) is 97.5 Å². The van der Waals surface area contributed by atoms with E-state index in [1.807, 2.05) is 75.0 Å². The van der Waals surface area contributed by atoms with Gasteiger partial charge >= 0.3 is 0 Å². The summed E-state index contributed by atoms with van der Waals surface area (Å²) in [5, 5.41) is 15.4. The minimum Gasteiger partial charge on any atom is -0.384 e. The highest BCUT2D eigenvalue weighted by Crippen LogP contribution is 2.34. The standard InChI is InChI=1S/C36H34FN9/c1-46(2)13-12-40-28-16-25(15-27(37)17-28)29-10-11-41-36-30(29)18-33(43-36)35-34-32(44-45-35)9-8-31(42-34)26-14-24(21-39-22-26)20-38-19-23-6-4-3-5-7-23/h3-11,14-18,21-22,38,40H,12-13,19-20H2,1-2H3,(H,41,43)(H,44,45). The van der Waals surface area contributed by atoms with Gasteiger partial charge in [-0.05, 0) is 84.9 Å². The van der Waals surface area contributed by atoms with E-state index >= 15 is 0 Å². The predicted octanol–water partition coefficient (Wildman–Crippen LogP) is 6.63. The van der Waals surface area contributed by atoms with Crippen molar-refractivity contribution in [3.05, 3.63) is 114 Å². The highest BCUT2D eigenvalue weighted by molar-refractivity contribution is 5.99. The van der Waals surface area contributed by atoms with Crippen molar-refractivity contribution in [1.29, 1.82) is 0 Å². The van der Waals surface area contributed by atoms with Gasteiger partial charge in [-0.15, -0.1) is 0 Å². The Labute approximate surface area is 266 Å². The van der Waals surface area contributed by atoms with Crippen LogP contribution in [0.3, 0.4) is 0 Å². The lowest BCUT2D eigenvalue weighted by Crippen LogP contribution is -2.20. The highest BCUT2D eigenvalue weighted by atomic mass is 19.1. The summed E-state index contributed by atoms with van der Waals surface area (Å²) in [5.41, 5.74) is 10.1. The molecule has 0 aliphatic carbocycles. The van der Waals surface area contributed by atoms with Crippen LogP contribution in [-0.2, 0) is 13.1 Å². The molecule has 0 spiro atoms. The Morgan fingerprint density at radius 2 is 1.74 bits per heavy atom. The number of benzene rings is 2. The lowest BCUT2D eigenvalue weighted by molar-refractivity contribution is 0.425. The number of hydrogen-bond acceptors (Lipinski definition) is 7. The van der Waals surface area contributed by atoms with E-state index < -0.39 is 0 Å². The van der Waals surface area contributed by atoms with Gasteiger partial charge in [-0.25, -0.2) is 14.4 Å². The second kappa shape index (κ2) is 12.9. The van der Waals surface area contributed by atoms with E-state index in [0.29, 0.717) is 24.4 Å². The summed E-state index contributed by atoms with van der Waals surface area (Å²) in [5.74, 6) is -0.300. The molecule has 46 heavy (non-hydrogen) atoms. The Kier molecular flexibility index (Phi) is 8.20. The number of aromatic nitrogens is 6. The maximum Gasteiger partial charge on any atom is 0.138 e. The molecule has 7 rings (SSSR count). The van der Waals surface area contributed by atoms with Crippen LogP contribution in [0.4, 0.5) is 10.1 Å². The minimum atomic E-state index is -0.300. The fourth-order valence-corrected chi connectivity index (χ4v) is 5.60. The summed E-state index contributed by atoms with van der Waals surface area (Å²) < 4.78 is 14.7. The Balaban J connectivity index is 1.17. The third-order valence-corrected chi connectivity index (χ3v) is 7.88. The SMILES string of the molecule is CN(C)CCNc1cc(F)cc(-c2ccnc3[nH]c(-c4n[nH]c5ccc(-c6cncc(CNCc7ccccc7)c6)nc45)cc23)c1. The summed E-state index contributed by atoms with van der Waals surface area (Å²) in [6.45, 7) is 3.03. The lowest BCUT2D eigenvalue weighted by atomic mass is 10.0. The zero-order valence-electron chi connectivity index (χ0n) is 25.7. The fraction of sp³-hybridized carbons (Fsp3) is 0.167. The number of nitrogens with zero attached hydrogens (tertiary/aromatic N) is 5. The largest absolute Gasteiger partial charge is 0.384 e. The predicted molar refractivity (Wildman–Crippen MR) is 182 cm³/mol. The van der Waals surface area contributed by atoms with Crippen LogP contribution in [0, 0.1) is 5.82 Å². The molecule has 7 aromatic rings. The quantitative estimate of drug-likeness (QED) is 0.130. The number of nitrogens with one attached hydrogen (secondary N) is 4. The topological polar surface area (TPSA) is 110 Å². The van der Waals surface area contributed by atoms with Crippen molar-refractivity contribution in [3.8, 4) is 33.8 Å². The molecule has 0 unspecified atom stereocenters. The van der Waals surface area contributed by atoms with Crippen molar-refractivity contribution in [2.75, 3.05) is 32.5 Å². The van der Waals surface area contributed by atoms with Gasteiger partial charge < -0.3 is 20.5 Å². The Morgan fingerprint density at radius 1 is 0.870 bits per heavy atom. The van der Waals surface area contributed by atoms with E-state index in [0.717, 1.165) is 68.8 Å². The molecule has 0 aliphatic heterocycles. The number of pyridine rings is 3. The highest BCUT2D eigenvalue weighted by Gasteiger charge is 2.17. The Hall–Kier alpha value is -5.45. The summed E-state index contributed by atoms with van der Waals surface area (Å²) >= 11 is 0. The first-order chi connectivity index (χ1) is 22.5. The molecule has 230 valence electrons. The molecule has 9 nitrogen and oxygen atoms in total. The number of fused-ring (bicyclic) bond motifs is 2. The van der Waals surface area contributed by atoms with Gasteiger partial charge in [-0.3, -0.25) is 10.1 Å². The first kappa shape index (κ1) is 29.3. The van der Waals surface area contributed by atoms with Crippen LogP contribution in [0.1, 0.15) is 11.1 Å². The number of hydrogen-bond donors (Lipinski definition) is 4.